The molecule has 4 aromatic rings. The highest BCUT2D eigenvalue weighted by Crippen LogP contribution is 2.22. The first-order valence-electron chi connectivity index (χ1n) is 9.02. The van der Waals surface area contributed by atoms with Gasteiger partial charge in [-0.25, -0.2) is 9.48 Å². The van der Waals surface area contributed by atoms with Crippen LogP contribution in [0.3, 0.4) is 0 Å². The molecule has 142 valence electrons. The van der Waals surface area contributed by atoms with Crippen LogP contribution in [0.5, 0.6) is 0 Å². The number of aromatic nitrogens is 4. The maximum Gasteiger partial charge on any atom is 0.329 e. The predicted octanol–water partition coefficient (Wildman–Crippen LogP) is 2.78. The largest absolute Gasteiger partial charge is 0.329 e. The summed E-state index contributed by atoms with van der Waals surface area (Å²) in [6, 6.07) is 16.9. The van der Waals surface area contributed by atoms with Crippen LogP contribution in [0.25, 0.3) is 16.7 Å². The second-order valence-electron chi connectivity index (χ2n) is 6.82. The van der Waals surface area contributed by atoms with E-state index in [4.69, 9.17) is 0 Å². The Bertz CT molecular complexity index is 1250. The molecule has 2 aromatic heterocycles. The van der Waals surface area contributed by atoms with Gasteiger partial charge in [0.25, 0.3) is 0 Å². The number of para-hydroxylation sites is 4. The molecule has 1 amide bonds. The standard InChI is InChI=1S/C21H21N5O2/c1-14-12-15(2)26(23-14)17-9-5-4-8-16(17)22-20(27)13-25-19-11-7-6-10-18(19)24(3)21(25)28/h4-12H,13H2,1-3H3,(H,22,27). The summed E-state index contributed by atoms with van der Waals surface area (Å²) >= 11 is 0. The quantitative estimate of drug-likeness (QED) is 0.596. The third-order valence-electron chi connectivity index (χ3n) is 4.77. The number of carbonyl (C=O) groups excluding carboxylic acids is 1. The van der Waals surface area contributed by atoms with Gasteiger partial charge in [-0.2, -0.15) is 5.10 Å². The summed E-state index contributed by atoms with van der Waals surface area (Å²) in [5, 5.41) is 7.42. The number of aryl methyl sites for hydroxylation is 3. The molecule has 28 heavy (non-hydrogen) atoms. The van der Waals surface area contributed by atoms with Crippen molar-refractivity contribution in [1.29, 1.82) is 0 Å². The molecule has 0 atom stereocenters. The second kappa shape index (κ2) is 6.84. The van der Waals surface area contributed by atoms with E-state index in [1.54, 1.807) is 16.3 Å². The third-order valence-corrected chi connectivity index (χ3v) is 4.77. The first kappa shape index (κ1) is 17.8. The molecule has 0 aliphatic heterocycles. The molecule has 1 N–H and O–H groups in total. The average Bonchev–Trinajstić information content (AvgIpc) is 3.14. The van der Waals surface area contributed by atoms with Gasteiger partial charge in [0.05, 0.1) is 28.1 Å². The Balaban J connectivity index is 1.65. The van der Waals surface area contributed by atoms with Gasteiger partial charge in [-0.15, -0.1) is 0 Å². The minimum Gasteiger partial charge on any atom is -0.323 e. The van der Waals surface area contributed by atoms with Gasteiger partial charge in [0, 0.05) is 12.7 Å². The molecule has 0 radical (unpaired) electrons. The number of rotatable bonds is 4. The number of hydrogen-bond acceptors (Lipinski definition) is 3. The Hall–Kier alpha value is -3.61. The number of amides is 1. The highest BCUT2D eigenvalue weighted by atomic mass is 16.2. The van der Waals surface area contributed by atoms with Crippen LogP contribution in [-0.4, -0.2) is 24.8 Å². The van der Waals surface area contributed by atoms with Crippen LogP contribution in [0.15, 0.2) is 59.4 Å². The van der Waals surface area contributed by atoms with Crippen molar-refractivity contribution in [3.63, 3.8) is 0 Å². The SMILES string of the molecule is Cc1cc(C)n(-c2ccccc2NC(=O)Cn2c(=O)n(C)c3ccccc32)n1. The summed E-state index contributed by atoms with van der Waals surface area (Å²) in [5.74, 6) is -0.271. The van der Waals surface area contributed by atoms with Crippen molar-refractivity contribution in [3.8, 4) is 5.69 Å². The van der Waals surface area contributed by atoms with Crippen LogP contribution in [0, 0.1) is 13.8 Å². The zero-order chi connectivity index (χ0) is 19.8. The zero-order valence-electron chi connectivity index (χ0n) is 16.0. The van der Waals surface area contributed by atoms with Crippen molar-refractivity contribution in [2.45, 2.75) is 20.4 Å². The van der Waals surface area contributed by atoms with E-state index in [9.17, 15) is 9.59 Å². The zero-order valence-corrected chi connectivity index (χ0v) is 16.0. The summed E-state index contributed by atoms with van der Waals surface area (Å²) in [7, 11) is 1.71. The molecule has 0 unspecified atom stereocenters. The first-order valence-corrected chi connectivity index (χ1v) is 9.02. The lowest BCUT2D eigenvalue weighted by Gasteiger charge is -2.12. The average molecular weight is 375 g/mol. The fraction of sp³-hybridized carbons (Fsp3) is 0.190. The van der Waals surface area contributed by atoms with Crippen molar-refractivity contribution < 1.29 is 4.79 Å². The molecule has 0 fully saturated rings. The Morgan fingerprint density at radius 2 is 1.71 bits per heavy atom. The smallest absolute Gasteiger partial charge is 0.323 e. The lowest BCUT2D eigenvalue weighted by atomic mass is 10.2. The maximum atomic E-state index is 12.8. The first-order chi connectivity index (χ1) is 13.5. The van der Waals surface area contributed by atoms with E-state index in [-0.39, 0.29) is 18.1 Å². The lowest BCUT2D eigenvalue weighted by Crippen LogP contribution is -2.28. The molecular weight excluding hydrogens is 354 g/mol. The Kier molecular flexibility index (Phi) is 4.35. The highest BCUT2D eigenvalue weighted by molar-refractivity contribution is 5.93. The molecule has 0 saturated heterocycles. The fourth-order valence-electron chi connectivity index (χ4n) is 3.49. The van der Waals surface area contributed by atoms with Crippen molar-refractivity contribution in [2.24, 2.45) is 7.05 Å². The van der Waals surface area contributed by atoms with Gasteiger partial charge in [-0.05, 0) is 44.2 Å². The highest BCUT2D eigenvalue weighted by Gasteiger charge is 2.15. The molecule has 0 aliphatic carbocycles. The van der Waals surface area contributed by atoms with Gasteiger partial charge in [0.1, 0.15) is 6.54 Å². The van der Waals surface area contributed by atoms with Crippen molar-refractivity contribution in [3.05, 3.63) is 76.5 Å². The summed E-state index contributed by atoms with van der Waals surface area (Å²) < 4.78 is 4.83. The predicted molar refractivity (Wildman–Crippen MR) is 109 cm³/mol. The Morgan fingerprint density at radius 3 is 2.43 bits per heavy atom. The van der Waals surface area contributed by atoms with Crippen LogP contribution in [-0.2, 0) is 18.4 Å². The van der Waals surface area contributed by atoms with Crippen molar-refractivity contribution >= 4 is 22.6 Å². The molecule has 7 heteroatoms. The summed E-state index contributed by atoms with van der Waals surface area (Å²) in [6.07, 6.45) is 0. The Labute approximate surface area is 161 Å². The van der Waals surface area contributed by atoms with E-state index in [0.717, 1.165) is 28.1 Å². The molecule has 4 rings (SSSR count). The van der Waals surface area contributed by atoms with Crippen LogP contribution in [0.4, 0.5) is 5.69 Å². The fourth-order valence-corrected chi connectivity index (χ4v) is 3.49. The molecule has 0 saturated carbocycles. The normalized spacial score (nSPS) is 11.1. The second-order valence-corrected chi connectivity index (χ2v) is 6.82. The number of benzene rings is 2. The van der Waals surface area contributed by atoms with Crippen molar-refractivity contribution in [1.82, 2.24) is 18.9 Å². The van der Waals surface area contributed by atoms with Gasteiger partial charge in [-0.3, -0.25) is 13.9 Å². The number of imidazole rings is 1. The van der Waals surface area contributed by atoms with E-state index in [0.29, 0.717) is 5.69 Å². The number of nitrogens with one attached hydrogen (secondary N) is 1. The van der Waals surface area contributed by atoms with Gasteiger partial charge in [0.2, 0.25) is 5.91 Å². The molecule has 0 spiro atoms. The van der Waals surface area contributed by atoms with Gasteiger partial charge >= 0.3 is 5.69 Å². The number of hydrogen-bond donors (Lipinski definition) is 1. The van der Waals surface area contributed by atoms with E-state index in [1.165, 1.54) is 4.57 Å². The van der Waals surface area contributed by atoms with E-state index in [2.05, 4.69) is 10.4 Å². The van der Waals surface area contributed by atoms with Crippen LogP contribution < -0.4 is 11.0 Å². The van der Waals surface area contributed by atoms with Crippen molar-refractivity contribution in [2.75, 3.05) is 5.32 Å². The maximum absolute atomic E-state index is 12.8. The monoisotopic (exact) mass is 375 g/mol. The van der Waals surface area contributed by atoms with E-state index < -0.39 is 0 Å². The Morgan fingerprint density at radius 1 is 1.04 bits per heavy atom. The molecule has 0 aliphatic rings. The number of anilines is 1. The summed E-state index contributed by atoms with van der Waals surface area (Å²) in [6.45, 7) is 3.83. The molecule has 7 nitrogen and oxygen atoms in total. The molecule has 0 bridgehead atoms. The third kappa shape index (κ3) is 3.00. The van der Waals surface area contributed by atoms with Crippen LogP contribution in [0.1, 0.15) is 11.4 Å². The molecular formula is C21H21N5O2. The van der Waals surface area contributed by atoms with Gasteiger partial charge in [0.15, 0.2) is 0 Å². The van der Waals surface area contributed by atoms with Gasteiger partial charge < -0.3 is 5.32 Å². The van der Waals surface area contributed by atoms with E-state index >= 15 is 0 Å². The van der Waals surface area contributed by atoms with Crippen LogP contribution in [0.2, 0.25) is 0 Å². The molecule has 2 heterocycles. The number of fused-ring (bicyclic) bond motifs is 1. The number of nitrogens with zero attached hydrogens (tertiary/aromatic N) is 4. The molecule has 2 aromatic carbocycles. The minimum atomic E-state index is -0.271. The van der Waals surface area contributed by atoms with E-state index in [1.807, 2.05) is 68.4 Å². The summed E-state index contributed by atoms with van der Waals surface area (Å²) in [4.78, 5) is 25.3. The minimum absolute atomic E-state index is 0.0639. The van der Waals surface area contributed by atoms with Gasteiger partial charge in [-0.1, -0.05) is 24.3 Å². The topological polar surface area (TPSA) is 73.8 Å². The van der Waals surface area contributed by atoms with Crippen LogP contribution >= 0.6 is 0 Å². The summed E-state index contributed by atoms with van der Waals surface area (Å²) in [5.41, 5.74) is 4.62. The number of carbonyl (C=O) groups is 1. The lowest BCUT2D eigenvalue weighted by molar-refractivity contribution is -0.116.